The Morgan fingerprint density at radius 3 is 2.78 bits per heavy atom. The third-order valence-electron chi connectivity index (χ3n) is 2.12. The highest BCUT2D eigenvalue weighted by atomic mass is 16.5. The van der Waals surface area contributed by atoms with E-state index in [9.17, 15) is 4.79 Å². The highest BCUT2D eigenvalue weighted by Gasteiger charge is 2.07. The van der Waals surface area contributed by atoms with Crippen molar-refractivity contribution in [3.8, 4) is 5.75 Å². The third kappa shape index (κ3) is 3.24. The lowest BCUT2D eigenvalue weighted by Gasteiger charge is -2.05. The van der Waals surface area contributed by atoms with Crippen LogP contribution in [0.4, 0.5) is 11.7 Å². The standard InChI is InChI=1S/C12H13N3O3/c1-8-6-18-12(14-8)15-11(16)7-17-10-4-2-9(13)3-5-10/h2-6H,7,13H2,1H3,(H,14,15,16). The Hall–Kier alpha value is -2.50. The third-order valence-corrected chi connectivity index (χ3v) is 2.12. The molecular formula is C12H13N3O3. The summed E-state index contributed by atoms with van der Waals surface area (Å²) in [6, 6.07) is 6.95. The number of carbonyl (C=O) groups excluding carboxylic acids is 1. The number of rotatable bonds is 4. The second-order valence-corrected chi connectivity index (χ2v) is 3.70. The molecule has 2 rings (SSSR count). The lowest BCUT2D eigenvalue weighted by Crippen LogP contribution is -2.20. The van der Waals surface area contributed by atoms with Crippen LogP contribution in [-0.2, 0) is 4.79 Å². The van der Waals surface area contributed by atoms with Crippen molar-refractivity contribution in [1.82, 2.24) is 4.98 Å². The topological polar surface area (TPSA) is 90.4 Å². The van der Waals surface area contributed by atoms with Crippen LogP contribution in [0.1, 0.15) is 5.69 Å². The number of hydrogen-bond donors (Lipinski definition) is 2. The number of anilines is 2. The number of carbonyl (C=O) groups is 1. The summed E-state index contributed by atoms with van der Waals surface area (Å²) in [6.07, 6.45) is 1.45. The molecule has 18 heavy (non-hydrogen) atoms. The van der Waals surface area contributed by atoms with Crippen LogP contribution in [-0.4, -0.2) is 17.5 Å². The Morgan fingerprint density at radius 1 is 1.44 bits per heavy atom. The van der Waals surface area contributed by atoms with Crippen molar-refractivity contribution in [3.05, 3.63) is 36.2 Å². The van der Waals surface area contributed by atoms with E-state index in [1.807, 2.05) is 0 Å². The zero-order valence-electron chi connectivity index (χ0n) is 9.84. The Labute approximate surface area is 104 Å². The van der Waals surface area contributed by atoms with Crippen LogP contribution in [0.25, 0.3) is 0 Å². The molecule has 0 unspecified atom stereocenters. The molecule has 0 saturated heterocycles. The number of amides is 1. The van der Waals surface area contributed by atoms with Gasteiger partial charge in [-0.3, -0.25) is 10.1 Å². The molecule has 0 fully saturated rings. The summed E-state index contributed by atoms with van der Waals surface area (Å²) in [4.78, 5) is 15.4. The van der Waals surface area contributed by atoms with Gasteiger partial charge in [0.1, 0.15) is 12.0 Å². The summed E-state index contributed by atoms with van der Waals surface area (Å²) in [5.74, 6) is 0.233. The zero-order chi connectivity index (χ0) is 13.0. The minimum absolute atomic E-state index is 0.120. The molecular weight excluding hydrogens is 234 g/mol. The fraction of sp³-hybridized carbons (Fsp3) is 0.167. The number of nitrogens with one attached hydrogen (secondary N) is 1. The van der Waals surface area contributed by atoms with Crippen LogP contribution >= 0.6 is 0 Å². The summed E-state index contributed by atoms with van der Waals surface area (Å²) < 4.78 is 10.3. The molecule has 0 spiro atoms. The molecule has 0 aliphatic carbocycles. The van der Waals surface area contributed by atoms with E-state index in [4.69, 9.17) is 14.9 Å². The summed E-state index contributed by atoms with van der Waals surface area (Å²) in [5.41, 5.74) is 6.87. The van der Waals surface area contributed by atoms with Gasteiger partial charge >= 0.3 is 6.01 Å². The van der Waals surface area contributed by atoms with Crippen molar-refractivity contribution >= 4 is 17.6 Å². The summed E-state index contributed by atoms with van der Waals surface area (Å²) in [6.45, 7) is 1.65. The highest BCUT2D eigenvalue weighted by Crippen LogP contribution is 2.13. The second kappa shape index (κ2) is 5.22. The van der Waals surface area contributed by atoms with Gasteiger partial charge in [0, 0.05) is 5.69 Å². The number of aromatic nitrogens is 1. The minimum atomic E-state index is -0.339. The lowest BCUT2D eigenvalue weighted by molar-refractivity contribution is -0.118. The zero-order valence-corrected chi connectivity index (χ0v) is 9.84. The van der Waals surface area contributed by atoms with Gasteiger partial charge in [-0.05, 0) is 31.2 Å². The number of nitrogens with two attached hydrogens (primary N) is 1. The monoisotopic (exact) mass is 247 g/mol. The summed E-state index contributed by atoms with van der Waals surface area (Å²) in [7, 11) is 0. The van der Waals surface area contributed by atoms with Gasteiger partial charge in [0.2, 0.25) is 0 Å². The first kappa shape index (κ1) is 12.0. The molecule has 0 aliphatic rings. The van der Waals surface area contributed by atoms with Crippen LogP contribution in [0.15, 0.2) is 34.9 Å². The number of benzene rings is 1. The van der Waals surface area contributed by atoms with Crippen molar-refractivity contribution in [2.75, 3.05) is 17.7 Å². The van der Waals surface area contributed by atoms with Crippen molar-refractivity contribution in [2.45, 2.75) is 6.92 Å². The average Bonchev–Trinajstić information content (AvgIpc) is 2.74. The van der Waals surface area contributed by atoms with Gasteiger partial charge in [0.15, 0.2) is 6.61 Å². The first-order chi connectivity index (χ1) is 8.63. The molecule has 1 heterocycles. The largest absolute Gasteiger partial charge is 0.484 e. The Bertz CT molecular complexity index is 534. The molecule has 0 radical (unpaired) electrons. The summed E-state index contributed by atoms with van der Waals surface area (Å²) in [5, 5.41) is 2.48. The Morgan fingerprint density at radius 2 is 2.17 bits per heavy atom. The molecule has 3 N–H and O–H groups in total. The SMILES string of the molecule is Cc1coc(NC(=O)COc2ccc(N)cc2)n1. The fourth-order valence-corrected chi connectivity index (χ4v) is 1.28. The van der Waals surface area contributed by atoms with Crippen LogP contribution in [0.2, 0.25) is 0 Å². The van der Waals surface area contributed by atoms with E-state index in [0.29, 0.717) is 17.1 Å². The fourth-order valence-electron chi connectivity index (χ4n) is 1.28. The number of oxazole rings is 1. The van der Waals surface area contributed by atoms with E-state index in [2.05, 4.69) is 10.3 Å². The van der Waals surface area contributed by atoms with Gasteiger partial charge in [0.05, 0.1) is 5.69 Å². The van der Waals surface area contributed by atoms with Gasteiger partial charge < -0.3 is 14.9 Å². The van der Waals surface area contributed by atoms with Crippen molar-refractivity contribution in [3.63, 3.8) is 0 Å². The summed E-state index contributed by atoms with van der Waals surface area (Å²) >= 11 is 0. The second-order valence-electron chi connectivity index (χ2n) is 3.70. The quantitative estimate of drug-likeness (QED) is 0.800. The molecule has 1 aromatic carbocycles. The van der Waals surface area contributed by atoms with Gasteiger partial charge in [-0.15, -0.1) is 0 Å². The van der Waals surface area contributed by atoms with Crippen molar-refractivity contribution in [2.24, 2.45) is 0 Å². The smallest absolute Gasteiger partial charge is 0.301 e. The van der Waals surface area contributed by atoms with Crippen LogP contribution < -0.4 is 15.8 Å². The number of ether oxygens (including phenoxy) is 1. The molecule has 6 nitrogen and oxygen atoms in total. The maximum absolute atomic E-state index is 11.5. The maximum atomic E-state index is 11.5. The van der Waals surface area contributed by atoms with E-state index in [1.165, 1.54) is 6.26 Å². The molecule has 1 aromatic heterocycles. The van der Waals surface area contributed by atoms with E-state index in [0.717, 1.165) is 0 Å². The van der Waals surface area contributed by atoms with Crippen LogP contribution in [0.5, 0.6) is 5.75 Å². The van der Waals surface area contributed by atoms with E-state index in [1.54, 1.807) is 31.2 Å². The van der Waals surface area contributed by atoms with Gasteiger partial charge in [-0.25, -0.2) is 0 Å². The molecule has 2 aromatic rings. The van der Waals surface area contributed by atoms with Crippen molar-refractivity contribution < 1.29 is 13.9 Å². The normalized spacial score (nSPS) is 10.1. The molecule has 94 valence electrons. The number of hydrogen-bond acceptors (Lipinski definition) is 5. The van der Waals surface area contributed by atoms with Gasteiger partial charge in [-0.2, -0.15) is 4.98 Å². The number of nitrogens with zero attached hydrogens (tertiary/aromatic N) is 1. The first-order valence-electron chi connectivity index (χ1n) is 5.34. The highest BCUT2D eigenvalue weighted by molar-refractivity contribution is 5.89. The van der Waals surface area contributed by atoms with E-state index in [-0.39, 0.29) is 18.5 Å². The molecule has 6 heteroatoms. The minimum Gasteiger partial charge on any atom is -0.484 e. The van der Waals surface area contributed by atoms with E-state index < -0.39 is 0 Å². The van der Waals surface area contributed by atoms with Crippen LogP contribution in [0, 0.1) is 6.92 Å². The van der Waals surface area contributed by atoms with E-state index >= 15 is 0 Å². The number of aryl methyl sites for hydroxylation is 1. The number of nitrogen functional groups attached to an aromatic ring is 1. The van der Waals surface area contributed by atoms with Crippen LogP contribution in [0.3, 0.4) is 0 Å². The first-order valence-corrected chi connectivity index (χ1v) is 5.34. The lowest BCUT2D eigenvalue weighted by atomic mass is 10.3. The molecule has 0 saturated carbocycles. The van der Waals surface area contributed by atoms with Gasteiger partial charge in [-0.1, -0.05) is 0 Å². The predicted octanol–water partition coefficient (Wildman–Crippen LogP) is 1.58. The maximum Gasteiger partial charge on any atom is 0.301 e. The molecule has 0 bridgehead atoms. The Kier molecular flexibility index (Phi) is 3.47. The van der Waals surface area contributed by atoms with Crippen molar-refractivity contribution in [1.29, 1.82) is 0 Å². The average molecular weight is 247 g/mol. The molecule has 1 amide bonds. The predicted molar refractivity (Wildman–Crippen MR) is 66.2 cm³/mol. The Balaban J connectivity index is 1.83. The van der Waals surface area contributed by atoms with Gasteiger partial charge in [0.25, 0.3) is 5.91 Å². The molecule has 0 atom stereocenters. The molecule has 0 aliphatic heterocycles.